The Balaban J connectivity index is 1.19. The lowest BCUT2D eigenvalue weighted by Gasteiger charge is -2.47. The number of aliphatic hydroxyl groups is 1. The number of rotatable bonds is 7. The SMILES string of the molecule is OC(COc1ccc(-c2cccnc2)c2ccccc12)CN1CC(N2CCOCC2)C1. The van der Waals surface area contributed by atoms with E-state index in [0.29, 0.717) is 12.6 Å². The van der Waals surface area contributed by atoms with Crippen molar-refractivity contribution in [3.05, 3.63) is 60.9 Å². The Morgan fingerprint density at radius 3 is 2.61 bits per heavy atom. The highest BCUT2D eigenvalue weighted by Gasteiger charge is 2.33. The Kier molecular flexibility index (Phi) is 6.13. The van der Waals surface area contributed by atoms with E-state index in [9.17, 15) is 5.11 Å². The largest absolute Gasteiger partial charge is 0.490 e. The smallest absolute Gasteiger partial charge is 0.127 e. The maximum atomic E-state index is 10.5. The van der Waals surface area contributed by atoms with Crippen molar-refractivity contribution in [2.24, 2.45) is 0 Å². The van der Waals surface area contributed by atoms with Crippen LogP contribution >= 0.6 is 0 Å². The Morgan fingerprint density at radius 1 is 1.03 bits per heavy atom. The second-order valence-corrected chi connectivity index (χ2v) is 8.38. The number of aliphatic hydroxyl groups excluding tert-OH is 1. The number of ether oxygens (including phenoxy) is 2. The van der Waals surface area contributed by atoms with Crippen LogP contribution < -0.4 is 4.74 Å². The monoisotopic (exact) mass is 419 g/mol. The fraction of sp³-hybridized carbons (Fsp3) is 0.400. The molecule has 2 fully saturated rings. The summed E-state index contributed by atoms with van der Waals surface area (Å²) in [4.78, 5) is 9.05. The molecule has 2 saturated heterocycles. The first-order valence-corrected chi connectivity index (χ1v) is 11.0. The molecule has 5 rings (SSSR count). The lowest BCUT2D eigenvalue weighted by molar-refractivity contribution is -0.0461. The predicted octanol–water partition coefficient (Wildman–Crippen LogP) is 2.66. The van der Waals surface area contributed by atoms with Gasteiger partial charge in [0.05, 0.1) is 13.2 Å². The lowest BCUT2D eigenvalue weighted by atomic mass is 9.99. The molecule has 6 heteroatoms. The third-order valence-corrected chi connectivity index (χ3v) is 6.26. The van der Waals surface area contributed by atoms with E-state index < -0.39 is 6.10 Å². The molecule has 31 heavy (non-hydrogen) atoms. The molecule has 0 spiro atoms. The van der Waals surface area contributed by atoms with Crippen molar-refractivity contribution in [1.82, 2.24) is 14.8 Å². The number of nitrogens with zero attached hydrogens (tertiary/aromatic N) is 3. The van der Waals surface area contributed by atoms with E-state index >= 15 is 0 Å². The van der Waals surface area contributed by atoms with Crippen molar-refractivity contribution < 1.29 is 14.6 Å². The van der Waals surface area contributed by atoms with E-state index in [4.69, 9.17) is 9.47 Å². The van der Waals surface area contributed by atoms with Crippen molar-refractivity contribution >= 4 is 10.8 Å². The molecule has 0 radical (unpaired) electrons. The van der Waals surface area contributed by atoms with Crippen molar-refractivity contribution in [2.75, 3.05) is 52.5 Å². The fourth-order valence-electron chi connectivity index (χ4n) is 4.57. The van der Waals surface area contributed by atoms with Gasteiger partial charge in [0.2, 0.25) is 0 Å². The van der Waals surface area contributed by atoms with Crippen LogP contribution in [0.25, 0.3) is 21.9 Å². The number of morpholine rings is 1. The van der Waals surface area contributed by atoms with Crippen LogP contribution in [0.1, 0.15) is 0 Å². The molecule has 1 N–H and O–H groups in total. The zero-order valence-electron chi connectivity index (χ0n) is 17.7. The summed E-state index contributed by atoms with van der Waals surface area (Å²) in [7, 11) is 0. The van der Waals surface area contributed by atoms with Crippen LogP contribution in [0.5, 0.6) is 5.75 Å². The van der Waals surface area contributed by atoms with Crippen molar-refractivity contribution in [2.45, 2.75) is 12.1 Å². The topological polar surface area (TPSA) is 58.1 Å². The molecule has 3 aromatic rings. The van der Waals surface area contributed by atoms with Gasteiger partial charge >= 0.3 is 0 Å². The number of aromatic nitrogens is 1. The summed E-state index contributed by atoms with van der Waals surface area (Å²) in [6, 6.07) is 16.9. The summed E-state index contributed by atoms with van der Waals surface area (Å²) in [5.41, 5.74) is 2.21. The number of hydrogen-bond donors (Lipinski definition) is 1. The highest BCUT2D eigenvalue weighted by molar-refractivity contribution is 5.99. The van der Waals surface area contributed by atoms with E-state index in [-0.39, 0.29) is 6.61 Å². The number of fused-ring (bicyclic) bond motifs is 1. The molecule has 1 atom stereocenters. The van der Waals surface area contributed by atoms with Crippen LogP contribution in [0, 0.1) is 0 Å². The van der Waals surface area contributed by atoms with E-state index in [1.165, 1.54) is 0 Å². The van der Waals surface area contributed by atoms with E-state index in [1.54, 1.807) is 6.20 Å². The summed E-state index contributed by atoms with van der Waals surface area (Å²) < 4.78 is 11.5. The van der Waals surface area contributed by atoms with Gasteiger partial charge < -0.3 is 14.6 Å². The van der Waals surface area contributed by atoms with Gasteiger partial charge in [-0.2, -0.15) is 0 Å². The summed E-state index contributed by atoms with van der Waals surface area (Å²) >= 11 is 0. The second kappa shape index (κ2) is 9.32. The van der Waals surface area contributed by atoms with Gasteiger partial charge in [-0.15, -0.1) is 0 Å². The van der Waals surface area contributed by atoms with E-state index in [2.05, 4.69) is 39.0 Å². The molecule has 0 aliphatic carbocycles. The zero-order chi connectivity index (χ0) is 21.0. The maximum absolute atomic E-state index is 10.5. The molecule has 2 aliphatic rings. The third-order valence-electron chi connectivity index (χ3n) is 6.26. The van der Waals surface area contributed by atoms with Gasteiger partial charge in [-0.25, -0.2) is 0 Å². The average Bonchev–Trinajstić information content (AvgIpc) is 2.80. The molecule has 162 valence electrons. The molecule has 0 bridgehead atoms. The molecule has 1 aromatic heterocycles. The number of hydrogen-bond acceptors (Lipinski definition) is 6. The number of benzene rings is 2. The molecule has 0 saturated carbocycles. The number of likely N-dealkylation sites (tertiary alicyclic amines) is 1. The van der Waals surface area contributed by atoms with Crippen LogP contribution in [-0.4, -0.2) is 84.6 Å². The summed E-state index contributed by atoms with van der Waals surface area (Å²) in [5, 5.41) is 12.7. The highest BCUT2D eigenvalue weighted by Crippen LogP contribution is 2.34. The fourth-order valence-corrected chi connectivity index (χ4v) is 4.57. The first-order valence-electron chi connectivity index (χ1n) is 11.0. The quantitative estimate of drug-likeness (QED) is 0.636. The standard InChI is InChI=1S/C25H29N3O3/c29-21(17-27-15-20(16-27)28-10-12-30-13-11-28)18-31-25-8-7-22(19-4-3-9-26-14-19)23-5-1-2-6-24(23)25/h1-9,14,20-21,29H,10-13,15-18H2. The zero-order valence-corrected chi connectivity index (χ0v) is 17.7. The molecule has 2 aliphatic heterocycles. The molecular weight excluding hydrogens is 390 g/mol. The van der Waals surface area contributed by atoms with Crippen LogP contribution in [0.4, 0.5) is 0 Å². The summed E-state index contributed by atoms with van der Waals surface area (Å²) in [5.74, 6) is 0.803. The van der Waals surface area contributed by atoms with E-state index in [0.717, 1.165) is 67.0 Å². The first-order chi connectivity index (χ1) is 15.3. The highest BCUT2D eigenvalue weighted by atomic mass is 16.5. The second-order valence-electron chi connectivity index (χ2n) is 8.38. The van der Waals surface area contributed by atoms with Gasteiger partial charge in [0.15, 0.2) is 0 Å². The molecule has 0 amide bonds. The minimum absolute atomic E-state index is 0.287. The first kappa shape index (κ1) is 20.4. The van der Waals surface area contributed by atoms with Crippen LogP contribution in [0.2, 0.25) is 0 Å². The van der Waals surface area contributed by atoms with Gasteiger partial charge in [0, 0.05) is 62.1 Å². The Hall–Kier alpha value is -2.51. The Bertz CT molecular complexity index is 1000. The molecular formula is C25H29N3O3. The van der Waals surface area contributed by atoms with Gasteiger partial charge in [-0.05, 0) is 29.1 Å². The van der Waals surface area contributed by atoms with Crippen molar-refractivity contribution in [1.29, 1.82) is 0 Å². The summed E-state index contributed by atoms with van der Waals surface area (Å²) in [6.07, 6.45) is 3.15. The number of pyridine rings is 1. The minimum atomic E-state index is -0.512. The maximum Gasteiger partial charge on any atom is 0.127 e. The van der Waals surface area contributed by atoms with Gasteiger partial charge in [-0.1, -0.05) is 30.3 Å². The normalized spacial score (nSPS) is 19.3. The van der Waals surface area contributed by atoms with Crippen molar-refractivity contribution in [3.63, 3.8) is 0 Å². The lowest BCUT2D eigenvalue weighted by Crippen LogP contribution is -2.62. The summed E-state index contributed by atoms with van der Waals surface area (Å²) in [6.45, 7) is 6.67. The number of β-amino-alcohol motifs (C(OH)–C–C–N with tert-alkyl or cyclic N) is 1. The van der Waals surface area contributed by atoms with Crippen LogP contribution in [-0.2, 0) is 4.74 Å². The third kappa shape index (κ3) is 4.57. The molecule has 3 heterocycles. The molecule has 6 nitrogen and oxygen atoms in total. The molecule has 2 aromatic carbocycles. The predicted molar refractivity (Wildman–Crippen MR) is 121 cm³/mol. The van der Waals surface area contributed by atoms with Crippen LogP contribution in [0.3, 0.4) is 0 Å². The van der Waals surface area contributed by atoms with E-state index in [1.807, 2.05) is 30.5 Å². The van der Waals surface area contributed by atoms with Gasteiger partial charge in [-0.3, -0.25) is 14.8 Å². The van der Waals surface area contributed by atoms with Gasteiger partial charge in [0.25, 0.3) is 0 Å². The Morgan fingerprint density at radius 2 is 1.84 bits per heavy atom. The average molecular weight is 420 g/mol. The molecule has 1 unspecified atom stereocenters. The van der Waals surface area contributed by atoms with Crippen molar-refractivity contribution in [3.8, 4) is 16.9 Å². The Labute approximate surface area is 183 Å². The minimum Gasteiger partial charge on any atom is -0.490 e. The van der Waals surface area contributed by atoms with Gasteiger partial charge in [0.1, 0.15) is 18.5 Å². The van der Waals surface area contributed by atoms with Crippen LogP contribution in [0.15, 0.2) is 60.9 Å².